The molecule has 0 atom stereocenters. The lowest BCUT2D eigenvalue weighted by Gasteiger charge is -2.24. The Morgan fingerprint density at radius 1 is 1.20 bits per heavy atom. The van der Waals surface area contributed by atoms with Gasteiger partial charge in [0.1, 0.15) is 11.6 Å². The van der Waals surface area contributed by atoms with E-state index in [2.05, 4.69) is 10.5 Å². The number of hydrogen-bond acceptors (Lipinski definition) is 6. The van der Waals surface area contributed by atoms with Gasteiger partial charge >= 0.3 is 0 Å². The maximum atomic E-state index is 14.2. The number of oxime groups is 1. The van der Waals surface area contributed by atoms with Gasteiger partial charge in [0, 0.05) is 33.8 Å². The van der Waals surface area contributed by atoms with E-state index in [1.807, 2.05) is 6.07 Å². The Hall–Kier alpha value is -3.95. The molecule has 3 aromatic rings. The smallest absolute Gasteiger partial charge is 0.281 e. The Morgan fingerprint density at radius 2 is 2.06 bits per heavy atom. The minimum absolute atomic E-state index is 0.0104. The van der Waals surface area contributed by atoms with Crippen molar-refractivity contribution in [1.82, 2.24) is 5.32 Å². The number of ether oxygens (including phenoxy) is 2. The third-order valence-corrected chi connectivity index (χ3v) is 6.01. The van der Waals surface area contributed by atoms with Crippen molar-refractivity contribution >= 4 is 34.8 Å². The number of anilines is 1. The number of fused-ring (bicyclic) bond motifs is 2. The van der Waals surface area contributed by atoms with E-state index in [9.17, 15) is 19.2 Å². The predicted molar refractivity (Wildman–Crippen MR) is 125 cm³/mol. The van der Waals surface area contributed by atoms with Crippen LogP contribution in [0.25, 0.3) is 0 Å². The number of rotatable bonds is 5. The summed E-state index contributed by atoms with van der Waals surface area (Å²) < 4.78 is 25.0. The first-order chi connectivity index (χ1) is 16.9. The summed E-state index contributed by atoms with van der Waals surface area (Å²) in [5.41, 5.74) is 2.65. The van der Waals surface area contributed by atoms with Gasteiger partial charge in [-0.2, -0.15) is 0 Å². The molecule has 2 heterocycles. The molecule has 0 aliphatic carbocycles. The Bertz CT molecular complexity index is 1380. The minimum Gasteiger partial charge on any atom is -0.467 e. The largest absolute Gasteiger partial charge is 0.467 e. The van der Waals surface area contributed by atoms with Crippen molar-refractivity contribution in [3.63, 3.8) is 0 Å². The number of hydrogen-bond donors (Lipinski definition) is 2. The van der Waals surface area contributed by atoms with Crippen molar-refractivity contribution in [3.05, 3.63) is 93.3 Å². The van der Waals surface area contributed by atoms with Crippen LogP contribution in [0.2, 0.25) is 5.02 Å². The summed E-state index contributed by atoms with van der Waals surface area (Å²) >= 11 is 6.00. The van der Waals surface area contributed by atoms with Crippen molar-refractivity contribution in [2.45, 2.75) is 19.7 Å². The normalized spacial score (nSPS) is 15.5. The summed E-state index contributed by atoms with van der Waals surface area (Å²) in [5.74, 6) is -0.996. The molecule has 0 spiro atoms. The first-order valence-corrected chi connectivity index (χ1v) is 11.0. The molecule has 35 heavy (non-hydrogen) atoms. The van der Waals surface area contributed by atoms with Gasteiger partial charge in [-0.3, -0.25) is 9.59 Å². The third kappa shape index (κ3) is 4.43. The molecule has 10 heteroatoms. The monoisotopic (exact) mass is 495 g/mol. The van der Waals surface area contributed by atoms with Gasteiger partial charge in [-0.1, -0.05) is 28.9 Å². The molecule has 5 rings (SSSR count). The van der Waals surface area contributed by atoms with Crippen LogP contribution in [0.1, 0.15) is 32.6 Å². The Labute approximate surface area is 204 Å². The minimum atomic E-state index is -0.580. The summed E-state index contributed by atoms with van der Waals surface area (Å²) in [6.07, 6.45) is 0. The Morgan fingerprint density at radius 3 is 2.86 bits per heavy atom. The molecule has 2 aliphatic rings. The van der Waals surface area contributed by atoms with E-state index >= 15 is 0 Å². The maximum absolute atomic E-state index is 14.2. The second kappa shape index (κ2) is 9.36. The van der Waals surface area contributed by atoms with Crippen LogP contribution in [0.15, 0.2) is 59.8 Å². The second-order valence-corrected chi connectivity index (χ2v) is 8.48. The molecule has 0 saturated carbocycles. The van der Waals surface area contributed by atoms with Crippen LogP contribution in [0, 0.1) is 5.82 Å². The number of amides is 2. The Balaban J connectivity index is 1.44. The van der Waals surface area contributed by atoms with Crippen LogP contribution >= 0.6 is 11.6 Å². The first kappa shape index (κ1) is 22.8. The number of nitrogens with one attached hydrogen (secondary N) is 1. The van der Waals surface area contributed by atoms with Crippen molar-refractivity contribution < 1.29 is 28.7 Å². The average molecular weight is 496 g/mol. The van der Waals surface area contributed by atoms with Gasteiger partial charge in [-0.05, 0) is 48.0 Å². The summed E-state index contributed by atoms with van der Waals surface area (Å²) in [7, 11) is 0. The highest BCUT2D eigenvalue weighted by Gasteiger charge is 2.36. The molecule has 0 bridgehead atoms. The number of carbonyl (C=O) groups excluding carboxylic acids is 2. The number of carbonyl (C=O) groups is 2. The molecule has 0 saturated heterocycles. The molecule has 2 aliphatic heterocycles. The second-order valence-electron chi connectivity index (χ2n) is 8.05. The van der Waals surface area contributed by atoms with Crippen LogP contribution in [0.3, 0.4) is 0 Å². The highest BCUT2D eigenvalue weighted by Crippen LogP contribution is 2.36. The Kier molecular flexibility index (Phi) is 6.10. The van der Waals surface area contributed by atoms with Gasteiger partial charge in [0.15, 0.2) is 12.5 Å². The fourth-order valence-corrected chi connectivity index (χ4v) is 4.39. The van der Waals surface area contributed by atoms with Gasteiger partial charge in [-0.15, -0.1) is 0 Å². The predicted octanol–water partition coefficient (Wildman–Crippen LogP) is 4.00. The van der Waals surface area contributed by atoms with E-state index in [4.69, 9.17) is 21.1 Å². The van der Waals surface area contributed by atoms with Gasteiger partial charge in [0.25, 0.3) is 11.8 Å². The fraction of sp³-hybridized carbons (Fsp3) is 0.160. The van der Waals surface area contributed by atoms with E-state index < -0.39 is 11.7 Å². The molecular weight excluding hydrogens is 477 g/mol. The number of benzene rings is 3. The summed E-state index contributed by atoms with van der Waals surface area (Å²) in [5, 5.41) is 16.0. The maximum Gasteiger partial charge on any atom is 0.281 e. The lowest BCUT2D eigenvalue weighted by Crippen LogP contribution is -2.30. The van der Waals surface area contributed by atoms with Crippen LogP contribution in [-0.2, 0) is 29.2 Å². The van der Waals surface area contributed by atoms with Gasteiger partial charge in [-0.25, -0.2) is 4.39 Å². The van der Waals surface area contributed by atoms with Crippen LogP contribution in [0.4, 0.5) is 10.1 Å². The number of nitrogens with zero attached hydrogens (tertiary/aromatic N) is 2. The highest BCUT2D eigenvalue weighted by atomic mass is 35.5. The third-order valence-electron chi connectivity index (χ3n) is 5.78. The lowest BCUT2D eigenvalue weighted by atomic mass is 10.1. The van der Waals surface area contributed by atoms with Gasteiger partial charge in [0.05, 0.1) is 18.8 Å². The standard InChI is InChI=1S/C25H19ClFN3O5/c26-18-3-1-2-14(6-18)10-28-24(31)15-4-5-20-21(9-15)30(25(32)22(20)29-33)11-16-7-19(27)8-17-12-34-13-35-23(16)17/h1-9,33H,10-13H2,(H,28,31)/b29-22-. The van der Waals surface area contributed by atoms with E-state index in [1.165, 1.54) is 23.1 Å². The van der Waals surface area contributed by atoms with Gasteiger partial charge < -0.3 is 24.9 Å². The van der Waals surface area contributed by atoms with E-state index in [0.29, 0.717) is 38.7 Å². The van der Waals surface area contributed by atoms with Crippen LogP contribution in [-0.4, -0.2) is 29.5 Å². The van der Waals surface area contributed by atoms with E-state index in [0.717, 1.165) is 5.56 Å². The first-order valence-electron chi connectivity index (χ1n) is 10.7. The molecular formula is C25H19ClFN3O5. The molecule has 0 fully saturated rings. The fourth-order valence-electron chi connectivity index (χ4n) is 4.18. The molecule has 8 nitrogen and oxygen atoms in total. The molecule has 178 valence electrons. The van der Waals surface area contributed by atoms with Crippen molar-refractivity contribution in [2.24, 2.45) is 5.16 Å². The van der Waals surface area contributed by atoms with Gasteiger partial charge in [0.2, 0.25) is 0 Å². The van der Waals surface area contributed by atoms with Crippen LogP contribution < -0.4 is 15.0 Å². The van der Waals surface area contributed by atoms with E-state index in [-0.39, 0.29) is 38.1 Å². The summed E-state index contributed by atoms with van der Waals surface area (Å²) in [6, 6.07) is 14.3. The quantitative estimate of drug-likeness (QED) is 0.411. The zero-order chi connectivity index (χ0) is 24.5. The number of halogens is 2. The molecule has 0 unspecified atom stereocenters. The van der Waals surface area contributed by atoms with Crippen molar-refractivity contribution in [1.29, 1.82) is 0 Å². The molecule has 3 aromatic carbocycles. The SMILES string of the molecule is O=C(NCc1cccc(Cl)c1)c1ccc2c(c1)N(Cc1cc(F)cc3c1OCOC3)C(=O)/C2=N\O. The summed E-state index contributed by atoms with van der Waals surface area (Å²) in [4.78, 5) is 27.2. The summed E-state index contributed by atoms with van der Waals surface area (Å²) in [6.45, 7) is 0.400. The molecule has 0 radical (unpaired) electrons. The topological polar surface area (TPSA) is 100 Å². The zero-order valence-electron chi connectivity index (χ0n) is 18.3. The zero-order valence-corrected chi connectivity index (χ0v) is 19.0. The molecule has 2 N–H and O–H groups in total. The molecule has 0 aromatic heterocycles. The van der Waals surface area contributed by atoms with E-state index in [1.54, 1.807) is 30.3 Å². The van der Waals surface area contributed by atoms with Crippen molar-refractivity contribution in [2.75, 3.05) is 11.7 Å². The van der Waals surface area contributed by atoms with Crippen molar-refractivity contribution in [3.8, 4) is 5.75 Å². The average Bonchev–Trinajstić information content (AvgIpc) is 3.12. The van der Waals surface area contributed by atoms with Crippen LogP contribution in [0.5, 0.6) is 5.75 Å². The lowest BCUT2D eigenvalue weighted by molar-refractivity contribution is -0.112. The molecule has 2 amide bonds. The highest BCUT2D eigenvalue weighted by molar-refractivity contribution is 6.54.